The lowest BCUT2D eigenvalue weighted by Crippen LogP contribution is -2.17. The van der Waals surface area contributed by atoms with Gasteiger partial charge in [-0.15, -0.1) is 0 Å². The largest absolute Gasteiger partial charge is 0.486 e. The quantitative estimate of drug-likeness (QED) is 0.475. The van der Waals surface area contributed by atoms with E-state index < -0.39 is 0 Å². The average Bonchev–Trinajstić information content (AvgIpc) is 3.05. The zero-order valence-electron chi connectivity index (χ0n) is 13.8. The van der Waals surface area contributed by atoms with Gasteiger partial charge in [0.15, 0.2) is 5.82 Å². The fourth-order valence-electron chi connectivity index (χ4n) is 2.82. The number of hydrogen-bond acceptors (Lipinski definition) is 3. The Hall–Kier alpha value is -2.92. The van der Waals surface area contributed by atoms with E-state index in [-0.39, 0.29) is 12.5 Å². The molecular formula is C21H15BrN2O2. The van der Waals surface area contributed by atoms with Crippen molar-refractivity contribution in [2.24, 2.45) is 0 Å². The zero-order valence-corrected chi connectivity index (χ0v) is 15.4. The van der Waals surface area contributed by atoms with Crippen LogP contribution in [0.1, 0.15) is 16.2 Å². The molecule has 26 heavy (non-hydrogen) atoms. The molecule has 0 N–H and O–H groups in total. The molecule has 0 spiro atoms. The van der Waals surface area contributed by atoms with Crippen LogP contribution < -0.4 is 4.74 Å². The number of imidazole rings is 1. The lowest BCUT2D eigenvalue weighted by Gasteiger charge is -2.10. The molecule has 0 saturated carbocycles. The molecule has 0 radical (unpaired) electrons. The number of carbonyl (C=O) groups is 1. The fourth-order valence-corrected chi connectivity index (χ4v) is 3.27. The van der Waals surface area contributed by atoms with Gasteiger partial charge in [0.1, 0.15) is 12.4 Å². The van der Waals surface area contributed by atoms with Crippen LogP contribution in [0, 0.1) is 0 Å². The summed E-state index contributed by atoms with van der Waals surface area (Å²) >= 11 is 3.46. The molecule has 1 heterocycles. The summed E-state index contributed by atoms with van der Waals surface area (Å²) < 4.78 is 8.20. The summed E-state index contributed by atoms with van der Waals surface area (Å²) in [4.78, 5) is 17.8. The molecule has 1 aromatic heterocycles. The summed E-state index contributed by atoms with van der Waals surface area (Å²) in [5.74, 6) is 1.16. The summed E-state index contributed by atoms with van der Waals surface area (Å²) in [7, 11) is 0. The summed E-state index contributed by atoms with van der Waals surface area (Å²) in [6.45, 7) is 0.203. The highest BCUT2D eigenvalue weighted by Gasteiger charge is 2.20. The molecule has 0 bridgehead atoms. The SMILES string of the molecule is O=C(c1ccccc1Br)n1c(COc2ccccc2)nc2ccccc21. The van der Waals surface area contributed by atoms with E-state index in [1.807, 2.05) is 72.8 Å². The minimum atomic E-state index is -0.141. The minimum Gasteiger partial charge on any atom is -0.486 e. The van der Waals surface area contributed by atoms with E-state index in [1.165, 1.54) is 0 Å². The monoisotopic (exact) mass is 406 g/mol. The summed E-state index contributed by atoms with van der Waals surface area (Å²) in [6, 6.07) is 24.5. The first-order valence-corrected chi connectivity index (χ1v) is 8.97. The van der Waals surface area contributed by atoms with E-state index >= 15 is 0 Å². The normalized spacial score (nSPS) is 10.8. The Morgan fingerprint density at radius 3 is 2.42 bits per heavy atom. The van der Waals surface area contributed by atoms with Crippen LogP contribution in [0.4, 0.5) is 0 Å². The molecule has 0 amide bonds. The molecule has 0 fully saturated rings. The van der Waals surface area contributed by atoms with E-state index in [4.69, 9.17) is 4.74 Å². The third-order valence-electron chi connectivity index (χ3n) is 4.05. The third-order valence-corrected chi connectivity index (χ3v) is 4.74. The molecule has 5 heteroatoms. The third kappa shape index (κ3) is 3.13. The first kappa shape index (κ1) is 16.5. The highest BCUT2D eigenvalue weighted by atomic mass is 79.9. The Morgan fingerprint density at radius 1 is 0.923 bits per heavy atom. The van der Waals surface area contributed by atoms with Gasteiger partial charge in [-0.3, -0.25) is 9.36 Å². The van der Waals surface area contributed by atoms with Crippen LogP contribution in [0.15, 0.2) is 83.3 Å². The number of fused-ring (bicyclic) bond motifs is 1. The Labute approximate surface area is 159 Å². The molecule has 128 valence electrons. The number of aromatic nitrogens is 2. The first-order chi connectivity index (χ1) is 12.7. The van der Waals surface area contributed by atoms with E-state index in [0.29, 0.717) is 11.4 Å². The van der Waals surface area contributed by atoms with Crippen molar-refractivity contribution in [2.45, 2.75) is 6.61 Å². The first-order valence-electron chi connectivity index (χ1n) is 8.17. The van der Waals surface area contributed by atoms with Crippen molar-refractivity contribution in [3.8, 4) is 5.75 Å². The second-order valence-corrected chi connectivity index (χ2v) is 6.59. The van der Waals surface area contributed by atoms with E-state index in [9.17, 15) is 4.79 Å². The fraction of sp³-hybridized carbons (Fsp3) is 0.0476. The van der Waals surface area contributed by atoms with Gasteiger partial charge in [0.05, 0.1) is 16.6 Å². The van der Waals surface area contributed by atoms with Crippen LogP contribution in [0.3, 0.4) is 0 Å². The Bertz CT molecular complexity index is 1070. The average molecular weight is 407 g/mol. The number of nitrogens with zero attached hydrogens (tertiary/aromatic N) is 2. The van der Waals surface area contributed by atoms with E-state index in [0.717, 1.165) is 21.3 Å². The summed E-state index contributed by atoms with van der Waals surface area (Å²) in [6.07, 6.45) is 0. The van der Waals surface area contributed by atoms with Crippen molar-refractivity contribution < 1.29 is 9.53 Å². The predicted octanol–water partition coefficient (Wildman–Crippen LogP) is 5.07. The van der Waals surface area contributed by atoms with Crippen molar-refractivity contribution in [1.82, 2.24) is 9.55 Å². The maximum absolute atomic E-state index is 13.2. The highest BCUT2D eigenvalue weighted by Crippen LogP contribution is 2.23. The molecule has 0 unspecified atom stereocenters. The molecule has 0 aliphatic rings. The number of hydrogen-bond donors (Lipinski definition) is 0. The van der Waals surface area contributed by atoms with Crippen LogP contribution in [0.5, 0.6) is 5.75 Å². The van der Waals surface area contributed by atoms with Gasteiger partial charge in [0.25, 0.3) is 5.91 Å². The lowest BCUT2D eigenvalue weighted by molar-refractivity contribution is 0.0955. The minimum absolute atomic E-state index is 0.141. The van der Waals surface area contributed by atoms with Gasteiger partial charge < -0.3 is 4.74 Å². The molecule has 0 aliphatic heterocycles. The van der Waals surface area contributed by atoms with Crippen LogP contribution in [0.2, 0.25) is 0 Å². The maximum atomic E-state index is 13.2. The molecule has 3 aromatic carbocycles. The Morgan fingerprint density at radius 2 is 1.62 bits per heavy atom. The van der Waals surface area contributed by atoms with E-state index in [2.05, 4.69) is 20.9 Å². The topological polar surface area (TPSA) is 44.1 Å². The van der Waals surface area contributed by atoms with Gasteiger partial charge in [0.2, 0.25) is 0 Å². The van der Waals surface area contributed by atoms with Gasteiger partial charge in [-0.05, 0) is 52.3 Å². The molecular weight excluding hydrogens is 392 g/mol. The summed E-state index contributed by atoms with van der Waals surface area (Å²) in [5.41, 5.74) is 2.11. The van der Waals surface area contributed by atoms with Gasteiger partial charge in [0, 0.05) is 4.47 Å². The van der Waals surface area contributed by atoms with Crippen LogP contribution in [-0.2, 0) is 6.61 Å². The van der Waals surface area contributed by atoms with Crippen LogP contribution in [0.25, 0.3) is 11.0 Å². The second kappa shape index (κ2) is 7.14. The van der Waals surface area contributed by atoms with Crippen LogP contribution in [-0.4, -0.2) is 15.5 Å². The van der Waals surface area contributed by atoms with E-state index in [1.54, 1.807) is 10.6 Å². The Balaban J connectivity index is 1.77. The number of ether oxygens (including phenoxy) is 1. The maximum Gasteiger partial charge on any atom is 0.265 e. The Kier molecular flexibility index (Phi) is 4.54. The smallest absolute Gasteiger partial charge is 0.265 e. The molecule has 0 atom stereocenters. The number of rotatable bonds is 4. The predicted molar refractivity (Wildman–Crippen MR) is 104 cm³/mol. The lowest BCUT2D eigenvalue weighted by atomic mass is 10.2. The molecule has 4 nitrogen and oxygen atoms in total. The van der Waals surface area contributed by atoms with Crippen molar-refractivity contribution in [2.75, 3.05) is 0 Å². The van der Waals surface area contributed by atoms with Crippen LogP contribution >= 0.6 is 15.9 Å². The highest BCUT2D eigenvalue weighted by molar-refractivity contribution is 9.10. The number of carbonyl (C=O) groups excluding carboxylic acids is 1. The van der Waals surface area contributed by atoms with Crippen molar-refractivity contribution in [3.63, 3.8) is 0 Å². The number of benzene rings is 3. The van der Waals surface area contributed by atoms with Gasteiger partial charge in [-0.1, -0.05) is 42.5 Å². The van der Waals surface area contributed by atoms with Gasteiger partial charge in [-0.2, -0.15) is 0 Å². The molecule has 0 saturated heterocycles. The number of halogens is 1. The summed E-state index contributed by atoms with van der Waals surface area (Å²) in [5, 5.41) is 0. The van der Waals surface area contributed by atoms with Gasteiger partial charge >= 0.3 is 0 Å². The number of para-hydroxylation sites is 3. The van der Waals surface area contributed by atoms with Crippen molar-refractivity contribution in [3.05, 3.63) is 94.7 Å². The van der Waals surface area contributed by atoms with Crippen molar-refractivity contribution in [1.29, 1.82) is 0 Å². The second-order valence-electron chi connectivity index (χ2n) is 5.74. The van der Waals surface area contributed by atoms with Gasteiger partial charge in [-0.25, -0.2) is 4.98 Å². The molecule has 4 aromatic rings. The molecule has 0 aliphatic carbocycles. The zero-order chi connectivity index (χ0) is 17.9. The van der Waals surface area contributed by atoms with Crippen molar-refractivity contribution >= 4 is 32.9 Å². The molecule has 4 rings (SSSR count). The standard InChI is InChI=1S/C21H15BrN2O2/c22-17-11-5-4-10-16(17)21(25)24-19-13-7-6-12-18(19)23-20(24)14-26-15-8-2-1-3-9-15/h1-13H,14H2.